The number of carbonyl (C=O) groups excluding carboxylic acids is 1. The van der Waals surface area contributed by atoms with Crippen LogP contribution in [0.4, 0.5) is 17.6 Å². The van der Waals surface area contributed by atoms with Gasteiger partial charge in [0.25, 0.3) is 0 Å². The van der Waals surface area contributed by atoms with Gasteiger partial charge in [-0.15, -0.1) is 13.2 Å². The SMILES string of the molecule is COC(=O)c1cc(F)c(OC(F)(F)F)c(CBr)n1. The van der Waals surface area contributed by atoms with E-state index >= 15 is 0 Å². The first-order valence-corrected chi connectivity index (χ1v) is 5.50. The van der Waals surface area contributed by atoms with Gasteiger partial charge < -0.3 is 9.47 Å². The van der Waals surface area contributed by atoms with Crippen LogP contribution in [0.15, 0.2) is 6.07 Å². The zero-order valence-corrected chi connectivity index (χ0v) is 10.4. The minimum atomic E-state index is -5.05. The normalized spacial score (nSPS) is 11.2. The molecule has 0 atom stereocenters. The highest BCUT2D eigenvalue weighted by Gasteiger charge is 2.34. The van der Waals surface area contributed by atoms with E-state index in [0.717, 1.165) is 7.11 Å². The molecule has 0 aliphatic heterocycles. The molecule has 9 heteroatoms. The second kappa shape index (κ2) is 5.51. The molecule has 1 heterocycles. The Morgan fingerprint density at radius 3 is 2.56 bits per heavy atom. The summed E-state index contributed by atoms with van der Waals surface area (Å²) in [6.07, 6.45) is -5.05. The highest BCUT2D eigenvalue weighted by molar-refractivity contribution is 9.08. The molecule has 0 unspecified atom stereocenters. The molecule has 1 aromatic heterocycles. The summed E-state index contributed by atoms with van der Waals surface area (Å²) in [5.74, 6) is -3.39. The molecule has 0 saturated carbocycles. The summed E-state index contributed by atoms with van der Waals surface area (Å²) >= 11 is 2.83. The van der Waals surface area contributed by atoms with Crippen LogP contribution in [0.5, 0.6) is 5.75 Å². The molecule has 1 rings (SSSR count). The van der Waals surface area contributed by atoms with Gasteiger partial charge in [-0.25, -0.2) is 14.2 Å². The van der Waals surface area contributed by atoms with Gasteiger partial charge in [0.05, 0.1) is 12.8 Å². The van der Waals surface area contributed by atoms with Gasteiger partial charge in [0.1, 0.15) is 0 Å². The Balaban J connectivity index is 3.24. The largest absolute Gasteiger partial charge is 0.573 e. The average molecular weight is 332 g/mol. The number of alkyl halides is 4. The molecule has 0 saturated heterocycles. The second-order valence-corrected chi connectivity index (χ2v) is 3.50. The molecular weight excluding hydrogens is 326 g/mol. The third-order valence-corrected chi connectivity index (χ3v) is 2.27. The van der Waals surface area contributed by atoms with Gasteiger partial charge in [-0.2, -0.15) is 0 Å². The third kappa shape index (κ3) is 3.56. The van der Waals surface area contributed by atoms with E-state index < -0.39 is 35.3 Å². The molecule has 0 aliphatic rings. The molecule has 0 radical (unpaired) electrons. The highest BCUT2D eigenvalue weighted by Crippen LogP contribution is 2.30. The summed E-state index contributed by atoms with van der Waals surface area (Å²) in [4.78, 5) is 14.6. The second-order valence-electron chi connectivity index (χ2n) is 2.94. The van der Waals surface area contributed by atoms with Crippen LogP contribution >= 0.6 is 15.9 Å². The number of rotatable bonds is 3. The van der Waals surface area contributed by atoms with Gasteiger partial charge in [0.2, 0.25) is 0 Å². The monoisotopic (exact) mass is 331 g/mol. The first-order chi connectivity index (χ1) is 8.28. The van der Waals surface area contributed by atoms with E-state index in [4.69, 9.17) is 0 Å². The van der Waals surface area contributed by atoms with Crippen LogP contribution < -0.4 is 4.74 Å². The van der Waals surface area contributed by atoms with Crippen molar-refractivity contribution in [2.24, 2.45) is 0 Å². The highest BCUT2D eigenvalue weighted by atomic mass is 79.9. The predicted octanol–water partition coefficient (Wildman–Crippen LogP) is 2.80. The summed E-state index contributed by atoms with van der Waals surface area (Å²) in [6.45, 7) is 0. The van der Waals surface area contributed by atoms with Gasteiger partial charge >= 0.3 is 12.3 Å². The lowest BCUT2D eigenvalue weighted by Crippen LogP contribution is -2.20. The predicted molar refractivity (Wildman–Crippen MR) is 54.8 cm³/mol. The Morgan fingerprint density at radius 1 is 1.50 bits per heavy atom. The van der Waals surface area contributed by atoms with Gasteiger partial charge in [0.15, 0.2) is 17.3 Å². The summed E-state index contributed by atoms with van der Waals surface area (Å²) in [7, 11) is 1.04. The van der Waals surface area contributed by atoms with Crippen molar-refractivity contribution in [2.45, 2.75) is 11.7 Å². The summed E-state index contributed by atoms with van der Waals surface area (Å²) in [5, 5.41) is -0.222. The smallest absolute Gasteiger partial charge is 0.464 e. The van der Waals surface area contributed by atoms with E-state index in [2.05, 4.69) is 30.4 Å². The van der Waals surface area contributed by atoms with E-state index in [1.807, 2.05) is 0 Å². The van der Waals surface area contributed by atoms with E-state index in [9.17, 15) is 22.4 Å². The first kappa shape index (κ1) is 14.7. The molecule has 1 aromatic rings. The number of hydrogen-bond donors (Lipinski definition) is 0. The number of halogens is 5. The van der Waals surface area contributed by atoms with Crippen molar-refractivity contribution in [3.05, 3.63) is 23.3 Å². The Morgan fingerprint density at radius 2 is 2.11 bits per heavy atom. The zero-order valence-electron chi connectivity index (χ0n) is 8.85. The topological polar surface area (TPSA) is 48.4 Å². The third-order valence-electron chi connectivity index (χ3n) is 1.74. The fourth-order valence-corrected chi connectivity index (χ4v) is 1.45. The maximum absolute atomic E-state index is 13.4. The van der Waals surface area contributed by atoms with Gasteiger partial charge in [-0.3, -0.25) is 0 Å². The van der Waals surface area contributed by atoms with Crippen LogP contribution in [-0.4, -0.2) is 24.4 Å². The lowest BCUT2D eigenvalue weighted by molar-refractivity contribution is -0.276. The molecule has 0 fully saturated rings. The zero-order chi connectivity index (χ0) is 13.9. The first-order valence-electron chi connectivity index (χ1n) is 4.38. The summed E-state index contributed by atoms with van der Waals surface area (Å²) in [5.41, 5.74) is -0.841. The quantitative estimate of drug-likeness (QED) is 0.485. The number of aromatic nitrogens is 1. The van der Waals surface area contributed by atoms with Crippen molar-refractivity contribution >= 4 is 21.9 Å². The van der Waals surface area contributed by atoms with Crippen LogP contribution in [0.25, 0.3) is 0 Å². The molecule has 0 amide bonds. The van der Waals surface area contributed by atoms with E-state index in [-0.39, 0.29) is 5.33 Å². The van der Waals surface area contributed by atoms with Crippen LogP contribution in [0.3, 0.4) is 0 Å². The fraction of sp³-hybridized carbons (Fsp3) is 0.333. The number of ether oxygens (including phenoxy) is 2. The minimum Gasteiger partial charge on any atom is -0.464 e. The summed E-state index contributed by atoms with van der Waals surface area (Å²) in [6, 6.07) is 0.513. The Kier molecular flexibility index (Phi) is 4.49. The molecule has 4 nitrogen and oxygen atoms in total. The molecule has 100 valence electrons. The van der Waals surface area contributed by atoms with Crippen molar-refractivity contribution in [3.8, 4) is 5.75 Å². The van der Waals surface area contributed by atoms with Crippen molar-refractivity contribution in [1.82, 2.24) is 4.98 Å². The van der Waals surface area contributed by atoms with Gasteiger partial charge in [-0.05, 0) is 0 Å². The molecule has 0 bridgehead atoms. The average Bonchev–Trinajstić information content (AvgIpc) is 2.28. The van der Waals surface area contributed by atoms with Crippen LogP contribution in [0, 0.1) is 5.82 Å². The number of nitrogens with zero attached hydrogens (tertiary/aromatic N) is 1. The van der Waals surface area contributed by atoms with Crippen LogP contribution in [0.2, 0.25) is 0 Å². The minimum absolute atomic E-state index is 0.222. The van der Waals surface area contributed by atoms with Gasteiger partial charge in [-0.1, -0.05) is 15.9 Å². The number of pyridine rings is 1. The Hall–Kier alpha value is -1.38. The Labute approximate surface area is 107 Å². The molecule has 0 spiro atoms. The number of methoxy groups -OCH3 is 1. The van der Waals surface area contributed by atoms with Crippen molar-refractivity contribution in [3.63, 3.8) is 0 Å². The lowest BCUT2D eigenvalue weighted by atomic mass is 10.2. The molecule has 0 N–H and O–H groups in total. The molecular formula is C9H6BrF4NO3. The molecule has 0 aliphatic carbocycles. The van der Waals surface area contributed by atoms with E-state index in [1.54, 1.807) is 0 Å². The van der Waals surface area contributed by atoms with E-state index in [1.165, 1.54) is 0 Å². The molecule has 0 aromatic carbocycles. The standard InChI is InChI=1S/C9H6BrF4NO3/c1-17-8(16)5-2-4(11)7(6(3-10)15-5)18-9(12,13)14/h2H,3H2,1H3. The van der Waals surface area contributed by atoms with Crippen LogP contribution in [0.1, 0.15) is 16.2 Å². The van der Waals surface area contributed by atoms with Crippen molar-refractivity contribution in [2.75, 3.05) is 7.11 Å². The molecule has 18 heavy (non-hydrogen) atoms. The summed E-state index contributed by atoms with van der Waals surface area (Å²) < 4.78 is 57.3. The number of hydrogen-bond acceptors (Lipinski definition) is 4. The van der Waals surface area contributed by atoms with E-state index in [0.29, 0.717) is 6.07 Å². The van der Waals surface area contributed by atoms with Crippen molar-refractivity contribution < 1.29 is 31.8 Å². The van der Waals surface area contributed by atoms with Crippen molar-refractivity contribution in [1.29, 1.82) is 0 Å². The fourth-order valence-electron chi connectivity index (χ4n) is 1.07. The lowest BCUT2D eigenvalue weighted by Gasteiger charge is -2.13. The Bertz CT molecular complexity index is 464. The maximum atomic E-state index is 13.4. The number of carbonyl (C=O) groups is 1. The number of esters is 1. The van der Waals surface area contributed by atoms with Gasteiger partial charge in [0, 0.05) is 11.4 Å². The maximum Gasteiger partial charge on any atom is 0.573 e. The van der Waals surface area contributed by atoms with Crippen LogP contribution in [-0.2, 0) is 10.1 Å².